The Morgan fingerprint density at radius 2 is 1.97 bits per heavy atom. The van der Waals surface area contributed by atoms with Crippen molar-refractivity contribution >= 4 is 23.4 Å². The normalized spacial score (nSPS) is 14.0. The van der Waals surface area contributed by atoms with Crippen molar-refractivity contribution in [2.24, 2.45) is 0 Å². The fourth-order valence-electron chi connectivity index (χ4n) is 3.65. The number of nitrogen functional groups attached to an aromatic ring is 1. The van der Waals surface area contributed by atoms with Crippen molar-refractivity contribution in [3.05, 3.63) is 54.7 Å². The number of carbonyl (C=O) groups excluding carboxylic acids is 1. The Kier molecular flexibility index (Phi) is 5.33. The third kappa shape index (κ3) is 4.16. The SMILES string of the molecule is Cc1cc(-c2ccc(N)c(N(C(=O)Nc3cnccn3)C3CCCC3)n2)ccn1. The molecular formula is C21H23N7O. The van der Waals surface area contributed by atoms with Gasteiger partial charge >= 0.3 is 6.03 Å². The number of nitrogens with two attached hydrogens (primary N) is 1. The topological polar surface area (TPSA) is 110 Å². The molecule has 2 amide bonds. The van der Waals surface area contributed by atoms with Crippen LogP contribution in [0.15, 0.2) is 49.1 Å². The summed E-state index contributed by atoms with van der Waals surface area (Å²) in [4.78, 5) is 32.0. The van der Waals surface area contributed by atoms with E-state index in [4.69, 9.17) is 10.7 Å². The van der Waals surface area contributed by atoms with Crippen LogP contribution in [-0.2, 0) is 0 Å². The highest BCUT2D eigenvalue weighted by atomic mass is 16.2. The smallest absolute Gasteiger partial charge is 0.329 e. The molecule has 4 rings (SSSR count). The van der Waals surface area contributed by atoms with Crippen molar-refractivity contribution in [3.8, 4) is 11.3 Å². The lowest BCUT2D eigenvalue weighted by Crippen LogP contribution is -2.43. The quantitative estimate of drug-likeness (QED) is 0.702. The number of anilines is 3. The molecule has 3 aromatic heterocycles. The van der Waals surface area contributed by atoms with Gasteiger partial charge < -0.3 is 5.73 Å². The zero-order valence-corrected chi connectivity index (χ0v) is 16.2. The highest BCUT2D eigenvalue weighted by Crippen LogP contribution is 2.33. The highest BCUT2D eigenvalue weighted by molar-refractivity contribution is 6.02. The summed E-state index contributed by atoms with van der Waals surface area (Å²) in [5, 5.41) is 2.82. The summed E-state index contributed by atoms with van der Waals surface area (Å²) in [6, 6.07) is 7.25. The maximum absolute atomic E-state index is 13.2. The van der Waals surface area contributed by atoms with Crippen molar-refractivity contribution in [2.75, 3.05) is 16.0 Å². The molecule has 0 aromatic carbocycles. The number of nitrogens with zero attached hydrogens (tertiary/aromatic N) is 5. The fraction of sp³-hybridized carbons (Fsp3) is 0.286. The minimum absolute atomic E-state index is 0.0379. The zero-order chi connectivity index (χ0) is 20.2. The van der Waals surface area contributed by atoms with E-state index in [1.54, 1.807) is 23.4 Å². The number of aryl methyl sites for hydroxylation is 1. The van der Waals surface area contributed by atoms with Crippen LogP contribution in [0.2, 0.25) is 0 Å². The molecule has 8 nitrogen and oxygen atoms in total. The molecule has 1 saturated carbocycles. The number of amides is 2. The van der Waals surface area contributed by atoms with E-state index in [2.05, 4.69) is 20.3 Å². The van der Waals surface area contributed by atoms with E-state index in [1.807, 2.05) is 25.1 Å². The van der Waals surface area contributed by atoms with Gasteiger partial charge in [-0.25, -0.2) is 14.8 Å². The second-order valence-electron chi connectivity index (χ2n) is 7.12. The Morgan fingerprint density at radius 1 is 1.14 bits per heavy atom. The van der Waals surface area contributed by atoms with Crippen LogP contribution in [0.3, 0.4) is 0 Å². The van der Waals surface area contributed by atoms with E-state index >= 15 is 0 Å². The number of urea groups is 1. The number of carbonyl (C=O) groups is 1. The molecule has 0 spiro atoms. The van der Waals surface area contributed by atoms with Gasteiger partial charge in [0.2, 0.25) is 0 Å². The van der Waals surface area contributed by atoms with Gasteiger partial charge in [-0.3, -0.25) is 20.2 Å². The summed E-state index contributed by atoms with van der Waals surface area (Å²) in [6.45, 7) is 1.93. The lowest BCUT2D eigenvalue weighted by atomic mass is 10.1. The number of aromatic nitrogens is 4. The fourth-order valence-corrected chi connectivity index (χ4v) is 3.65. The number of rotatable bonds is 4. The van der Waals surface area contributed by atoms with Crippen LogP contribution >= 0.6 is 0 Å². The van der Waals surface area contributed by atoms with Crippen LogP contribution in [-0.4, -0.2) is 32.0 Å². The zero-order valence-electron chi connectivity index (χ0n) is 16.2. The summed E-state index contributed by atoms with van der Waals surface area (Å²) in [6.07, 6.45) is 10.3. The Balaban J connectivity index is 1.72. The summed E-state index contributed by atoms with van der Waals surface area (Å²) < 4.78 is 0. The summed E-state index contributed by atoms with van der Waals surface area (Å²) in [5.41, 5.74) is 9.31. The van der Waals surface area contributed by atoms with Gasteiger partial charge in [0.15, 0.2) is 11.6 Å². The Labute approximate surface area is 169 Å². The molecule has 3 aromatic rings. The molecule has 29 heavy (non-hydrogen) atoms. The second-order valence-corrected chi connectivity index (χ2v) is 7.12. The number of pyridine rings is 2. The van der Waals surface area contributed by atoms with Gasteiger partial charge in [-0.2, -0.15) is 0 Å². The first-order chi connectivity index (χ1) is 14.1. The predicted octanol–water partition coefficient (Wildman–Crippen LogP) is 3.81. The van der Waals surface area contributed by atoms with E-state index in [9.17, 15) is 4.79 Å². The molecule has 3 heterocycles. The maximum atomic E-state index is 13.2. The number of nitrogens with one attached hydrogen (secondary N) is 1. The maximum Gasteiger partial charge on any atom is 0.329 e. The molecule has 1 aliphatic carbocycles. The third-order valence-electron chi connectivity index (χ3n) is 5.03. The molecular weight excluding hydrogens is 366 g/mol. The largest absolute Gasteiger partial charge is 0.396 e. The van der Waals surface area contributed by atoms with Crippen LogP contribution in [0.1, 0.15) is 31.4 Å². The van der Waals surface area contributed by atoms with Crippen molar-refractivity contribution in [1.29, 1.82) is 0 Å². The lowest BCUT2D eigenvalue weighted by Gasteiger charge is -2.29. The Hall–Kier alpha value is -3.55. The Bertz CT molecular complexity index is 1000. The van der Waals surface area contributed by atoms with Crippen LogP contribution in [0.25, 0.3) is 11.3 Å². The van der Waals surface area contributed by atoms with Gasteiger partial charge in [0.25, 0.3) is 0 Å². The average Bonchev–Trinajstić information content (AvgIpc) is 3.24. The molecule has 0 saturated heterocycles. The molecule has 0 radical (unpaired) electrons. The summed E-state index contributed by atoms with van der Waals surface area (Å²) in [7, 11) is 0. The lowest BCUT2D eigenvalue weighted by molar-refractivity contribution is 0.254. The van der Waals surface area contributed by atoms with Gasteiger partial charge in [0.05, 0.1) is 17.6 Å². The van der Waals surface area contributed by atoms with Crippen LogP contribution < -0.4 is 16.0 Å². The van der Waals surface area contributed by atoms with Crippen molar-refractivity contribution in [3.63, 3.8) is 0 Å². The molecule has 148 valence electrons. The van der Waals surface area contributed by atoms with E-state index in [-0.39, 0.29) is 12.1 Å². The summed E-state index contributed by atoms with van der Waals surface area (Å²) in [5.74, 6) is 0.852. The molecule has 0 bridgehead atoms. The van der Waals surface area contributed by atoms with Crippen LogP contribution in [0.4, 0.5) is 22.1 Å². The van der Waals surface area contributed by atoms with Crippen molar-refractivity contribution in [1.82, 2.24) is 19.9 Å². The second kappa shape index (κ2) is 8.22. The van der Waals surface area contributed by atoms with Gasteiger partial charge in [0.1, 0.15) is 0 Å². The van der Waals surface area contributed by atoms with Crippen molar-refractivity contribution < 1.29 is 4.79 Å². The Morgan fingerprint density at radius 3 is 2.69 bits per heavy atom. The summed E-state index contributed by atoms with van der Waals surface area (Å²) >= 11 is 0. The van der Waals surface area contributed by atoms with Gasteiger partial charge in [-0.15, -0.1) is 0 Å². The van der Waals surface area contributed by atoms with E-state index < -0.39 is 0 Å². The molecule has 0 atom stereocenters. The molecule has 3 N–H and O–H groups in total. The van der Waals surface area contributed by atoms with Crippen LogP contribution in [0, 0.1) is 6.92 Å². The van der Waals surface area contributed by atoms with Crippen molar-refractivity contribution in [2.45, 2.75) is 38.6 Å². The number of hydrogen-bond donors (Lipinski definition) is 2. The molecule has 1 fully saturated rings. The van der Waals surface area contributed by atoms with Gasteiger partial charge in [0, 0.05) is 35.9 Å². The highest BCUT2D eigenvalue weighted by Gasteiger charge is 2.31. The molecule has 1 aliphatic rings. The first kappa shape index (κ1) is 18.8. The minimum atomic E-state index is -0.306. The minimum Gasteiger partial charge on any atom is -0.396 e. The monoisotopic (exact) mass is 389 g/mol. The first-order valence-corrected chi connectivity index (χ1v) is 9.67. The molecule has 8 heteroatoms. The van der Waals surface area contributed by atoms with E-state index in [0.717, 1.165) is 42.6 Å². The molecule has 0 unspecified atom stereocenters. The molecule has 0 aliphatic heterocycles. The van der Waals surface area contributed by atoms with Gasteiger partial charge in [-0.1, -0.05) is 12.8 Å². The van der Waals surface area contributed by atoms with E-state index in [1.165, 1.54) is 12.4 Å². The standard InChI is InChI=1S/C21H23N7O/c1-14-12-15(8-9-24-14)18-7-6-17(22)20(26-18)28(16-4-2-3-5-16)21(29)27-19-13-23-10-11-25-19/h6-13,16H,2-5,22H2,1H3,(H,25,27,29). The predicted molar refractivity (Wildman–Crippen MR) is 112 cm³/mol. The van der Waals surface area contributed by atoms with Gasteiger partial charge in [-0.05, 0) is 44.0 Å². The number of hydrogen-bond acceptors (Lipinski definition) is 6. The third-order valence-corrected chi connectivity index (χ3v) is 5.03. The first-order valence-electron chi connectivity index (χ1n) is 9.67. The average molecular weight is 389 g/mol. The van der Waals surface area contributed by atoms with E-state index in [0.29, 0.717) is 17.3 Å². The van der Waals surface area contributed by atoms with Crippen LogP contribution in [0.5, 0.6) is 0 Å².